The van der Waals surface area contributed by atoms with E-state index < -0.39 is 5.56 Å². The van der Waals surface area contributed by atoms with Crippen LogP contribution < -0.4 is 15.8 Å². The Balaban J connectivity index is 1.47. The summed E-state index contributed by atoms with van der Waals surface area (Å²) in [6, 6.07) is 11.4. The predicted molar refractivity (Wildman–Crippen MR) is 115 cm³/mol. The van der Waals surface area contributed by atoms with Crippen LogP contribution in [0.3, 0.4) is 0 Å². The summed E-state index contributed by atoms with van der Waals surface area (Å²) >= 11 is 1.36. The molecule has 1 aliphatic heterocycles. The third kappa shape index (κ3) is 4.64. The fraction of sp³-hybridized carbons (Fsp3) is 0.429. The lowest BCUT2D eigenvalue weighted by Gasteiger charge is -2.30. The third-order valence-electron chi connectivity index (χ3n) is 5.17. The first-order valence-corrected chi connectivity index (χ1v) is 10.9. The summed E-state index contributed by atoms with van der Waals surface area (Å²) in [5.41, 5.74) is 1.07. The van der Waals surface area contributed by atoms with Crippen molar-refractivity contribution in [2.75, 3.05) is 24.5 Å². The summed E-state index contributed by atoms with van der Waals surface area (Å²) in [7, 11) is 0. The number of fused-ring (bicyclic) bond motifs is 1. The van der Waals surface area contributed by atoms with Gasteiger partial charge in [-0.05, 0) is 37.2 Å². The van der Waals surface area contributed by atoms with Gasteiger partial charge in [-0.1, -0.05) is 48.6 Å². The van der Waals surface area contributed by atoms with Gasteiger partial charge in [-0.25, -0.2) is 0 Å². The van der Waals surface area contributed by atoms with E-state index in [1.165, 1.54) is 33.9 Å². The zero-order valence-electron chi connectivity index (χ0n) is 16.5. The molecule has 1 saturated heterocycles. The maximum atomic E-state index is 12.7. The Labute approximate surface area is 173 Å². The van der Waals surface area contributed by atoms with Gasteiger partial charge in [-0.15, -0.1) is 5.10 Å². The van der Waals surface area contributed by atoms with E-state index in [9.17, 15) is 9.59 Å². The molecule has 1 N–H and O–H groups in total. The van der Waals surface area contributed by atoms with Crippen LogP contribution in [-0.2, 0) is 6.42 Å². The molecule has 152 valence electrons. The van der Waals surface area contributed by atoms with Crippen molar-refractivity contribution >= 4 is 27.3 Å². The molecular weight excluding hydrogens is 386 g/mol. The lowest BCUT2D eigenvalue weighted by atomic mass is 10.0. The van der Waals surface area contributed by atoms with Crippen LogP contribution in [0.1, 0.15) is 42.2 Å². The monoisotopic (exact) mass is 411 g/mol. The van der Waals surface area contributed by atoms with Crippen molar-refractivity contribution in [3.8, 4) is 0 Å². The molecule has 2 aromatic heterocycles. The van der Waals surface area contributed by atoms with E-state index in [-0.39, 0.29) is 11.6 Å². The number of hydrogen-bond donors (Lipinski definition) is 1. The molecular formula is C21H25N5O2S. The molecule has 0 radical (unpaired) electrons. The quantitative estimate of drug-likeness (QED) is 0.631. The van der Waals surface area contributed by atoms with E-state index in [1.807, 2.05) is 18.2 Å². The number of piperidine rings is 1. The molecule has 1 aliphatic rings. The van der Waals surface area contributed by atoms with Crippen molar-refractivity contribution < 1.29 is 4.79 Å². The molecule has 1 fully saturated rings. The van der Waals surface area contributed by atoms with E-state index >= 15 is 0 Å². The Hall–Kier alpha value is -2.74. The van der Waals surface area contributed by atoms with Gasteiger partial charge in [0.2, 0.25) is 10.1 Å². The van der Waals surface area contributed by atoms with Crippen LogP contribution in [0.15, 0.2) is 41.2 Å². The molecule has 29 heavy (non-hydrogen) atoms. The van der Waals surface area contributed by atoms with Crippen molar-refractivity contribution in [1.29, 1.82) is 0 Å². The maximum absolute atomic E-state index is 12.7. The smallest absolute Gasteiger partial charge is 0.274 e. The van der Waals surface area contributed by atoms with Crippen molar-refractivity contribution in [1.82, 2.24) is 19.9 Å². The van der Waals surface area contributed by atoms with Gasteiger partial charge in [-0.3, -0.25) is 9.59 Å². The van der Waals surface area contributed by atoms with Gasteiger partial charge in [-0.2, -0.15) is 9.50 Å². The van der Waals surface area contributed by atoms with Gasteiger partial charge in [0.15, 0.2) is 0 Å². The summed E-state index contributed by atoms with van der Waals surface area (Å²) < 4.78 is 1.51. The second-order valence-corrected chi connectivity index (χ2v) is 8.53. The van der Waals surface area contributed by atoms with Crippen molar-refractivity contribution in [2.24, 2.45) is 5.92 Å². The van der Waals surface area contributed by atoms with Crippen LogP contribution in [0.25, 0.3) is 4.96 Å². The number of hydrogen-bond acceptors (Lipinski definition) is 6. The molecule has 0 saturated carbocycles. The molecule has 4 rings (SSSR count). The molecule has 0 bridgehead atoms. The lowest BCUT2D eigenvalue weighted by molar-refractivity contribution is 0.0945. The number of benzene rings is 1. The number of carbonyl (C=O) groups is 1. The first-order valence-electron chi connectivity index (χ1n) is 10.1. The Bertz CT molecular complexity index is 1050. The second kappa shape index (κ2) is 8.73. The average molecular weight is 412 g/mol. The Morgan fingerprint density at radius 3 is 2.93 bits per heavy atom. The zero-order valence-corrected chi connectivity index (χ0v) is 17.3. The highest BCUT2D eigenvalue weighted by atomic mass is 32.1. The largest absolute Gasteiger partial charge is 0.351 e. The lowest BCUT2D eigenvalue weighted by Crippen LogP contribution is -2.34. The molecule has 7 nitrogen and oxygen atoms in total. The summed E-state index contributed by atoms with van der Waals surface area (Å²) in [5.74, 6) is 0.313. The summed E-state index contributed by atoms with van der Waals surface area (Å²) in [6.45, 7) is 4.64. The summed E-state index contributed by atoms with van der Waals surface area (Å²) in [4.78, 5) is 31.5. The van der Waals surface area contributed by atoms with Crippen LogP contribution in [-0.4, -0.2) is 40.1 Å². The fourth-order valence-corrected chi connectivity index (χ4v) is 4.63. The van der Waals surface area contributed by atoms with Gasteiger partial charge < -0.3 is 10.2 Å². The number of rotatable bonds is 6. The van der Waals surface area contributed by atoms with Crippen LogP contribution >= 0.6 is 11.3 Å². The van der Waals surface area contributed by atoms with E-state index in [0.717, 1.165) is 37.5 Å². The molecule has 0 spiro atoms. The molecule has 3 heterocycles. The number of nitrogens with zero attached hydrogens (tertiary/aromatic N) is 4. The van der Waals surface area contributed by atoms with E-state index in [4.69, 9.17) is 0 Å². The predicted octanol–water partition coefficient (Wildman–Crippen LogP) is 2.75. The highest BCUT2D eigenvalue weighted by Crippen LogP contribution is 2.27. The van der Waals surface area contributed by atoms with Crippen LogP contribution in [0, 0.1) is 5.92 Å². The SMILES string of the molecule is CC1CCCN(c2nn3c(C(=O)NCCCc4ccccc4)cc(=O)nc3s2)C1. The number of anilines is 1. The highest BCUT2D eigenvalue weighted by Gasteiger charge is 2.22. The highest BCUT2D eigenvalue weighted by molar-refractivity contribution is 7.20. The van der Waals surface area contributed by atoms with Gasteiger partial charge >= 0.3 is 0 Å². The van der Waals surface area contributed by atoms with Crippen LogP contribution in [0.5, 0.6) is 0 Å². The van der Waals surface area contributed by atoms with Gasteiger partial charge in [0.25, 0.3) is 11.5 Å². The normalized spacial score (nSPS) is 16.9. The molecule has 1 amide bonds. The number of carbonyl (C=O) groups excluding carboxylic acids is 1. The van der Waals surface area contributed by atoms with Crippen molar-refractivity contribution in [2.45, 2.75) is 32.6 Å². The van der Waals surface area contributed by atoms with E-state index in [0.29, 0.717) is 17.4 Å². The van der Waals surface area contributed by atoms with Gasteiger partial charge in [0.1, 0.15) is 5.69 Å². The molecule has 0 aliphatic carbocycles. The Kier molecular flexibility index (Phi) is 5.89. The number of nitrogens with one attached hydrogen (secondary N) is 1. The standard InChI is InChI=1S/C21H25N5O2S/c1-15-7-6-12-25(14-15)21-24-26-17(13-18(27)23-20(26)29-21)19(28)22-11-5-10-16-8-3-2-4-9-16/h2-4,8-9,13,15H,5-7,10-12,14H2,1H3,(H,22,28). The van der Waals surface area contributed by atoms with E-state index in [2.05, 4.69) is 39.4 Å². The summed E-state index contributed by atoms with van der Waals surface area (Å²) in [6.07, 6.45) is 4.05. The minimum atomic E-state index is -0.415. The van der Waals surface area contributed by atoms with Crippen LogP contribution in [0.4, 0.5) is 5.13 Å². The van der Waals surface area contributed by atoms with Crippen molar-refractivity contribution in [3.63, 3.8) is 0 Å². The Morgan fingerprint density at radius 1 is 1.31 bits per heavy atom. The molecule has 3 aromatic rings. The number of amides is 1. The first-order chi connectivity index (χ1) is 14.1. The van der Waals surface area contributed by atoms with E-state index in [1.54, 1.807) is 0 Å². The minimum absolute atomic E-state index is 0.243. The fourth-order valence-electron chi connectivity index (χ4n) is 3.69. The topological polar surface area (TPSA) is 79.6 Å². The Morgan fingerprint density at radius 2 is 2.14 bits per heavy atom. The molecule has 1 atom stereocenters. The first kappa shape index (κ1) is 19.6. The van der Waals surface area contributed by atoms with Crippen molar-refractivity contribution in [3.05, 3.63) is 58.0 Å². The van der Waals surface area contributed by atoms with Crippen LogP contribution in [0.2, 0.25) is 0 Å². The zero-order chi connectivity index (χ0) is 20.2. The van der Waals surface area contributed by atoms with Gasteiger partial charge in [0.05, 0.1) is 0 Å². The third-order valence-corrected chi connectivity index (χ3v) is 6.14. The maximum Gasteiger partial charge on any atom is 0.274 e. The number of aryl methyl sites for hydroxylation is 1. The molecule has 8 heteroatoms. The second-order valence-electron chi connectivity index (χ2n) is 7.60. The molecule has 1 aromatic carbocycles. The minimum Gasteiger partial charge on any atom is -0.351 e. The van der Waals surface area contributed by atoms with Gasteiger partial charge in [0, 0.05) is 25.7 Å². The molecule has 1 unspecified atom stereocenters. The number of aromatic nitrogens is 3. The summed E-state index contributed by atoms with van der Waals surface area (Å²) in [5, 5.41) is 8.33. The average Bonchev–Trinajstić information content (AvgIpc) is 3.15.